The second-order valence-corrected chi connectivity index (χ2v) is 8.82. The summed E-state index contributed by atoms with van der Waals surface area (Å²) in [7, 11) is 0. The number of carbonyl (C=O) groups excluding carboxylic acids is 1. The Morgan fingerprint density at radius 3 is 2.68 bits per heavy atom. The smallest absolute Gasteiger partial charge is 0.224 e. The summed E-state index contributed by atoms with van der Waals surface area (Å²) in [5, 5.41) is 12.7. The molecular weight excluding hydrogens is 344 g/mol. The van der Waals surface area contributed by atoms with Gasteiger partial charge in [-0.3, -0.25) is 4.79 Å². The lowest BCUT2D eigenvalue weighted by Gasteiger charge is -2.23. The normalized spacial score (nSPS) is 25.5. The molecule has 3 nitrogen and oxygen atoms in total. The summed E-state index contributed by atoms with van der Waals surface area (Å²) in [5.74, 6) is 1.53. The van der Waals surface area contributed by atoms with Gasteiger partial charge in [0.25, 0.3) is 0 Å². The van der Waals surface area contributed by atoms with Gasteiger partial charge in [0.05, 0.1) is 6.07 Å². The largest absolute Gasteiger partial charge is 0.340 e. The molecular formula is C25H26N2O. The third kappa shape index (κ3) is 3.11. The van der Waals surface area contributed by atoms with Crippen molar-refractivity contribution in [3.8, 4) is 17.2 Å². The van der Waals surface area contributed by atoms with Crippen LogP contribution in [0.4, 0.5) is 0 Å². The first kappa shape index (κ1) is 17.5. The zero-order chi connectivity index (χ0) is 19.1. The van der Waals surface area contributed by atoms with Crippen molar-refractivity contribution in [1.29, 1.82) is 5.26 Å². The molecule has 0 radical (unpaired) electrons. The van der Waals surface area contributed by atoms with E-state index in [0.29, 0.717) is 12.3 Å². The van der Waals surface area contributed by atoms with Crippen LogP contribution in [0.3, 0.4) is 0 Å². The molecule has 0 aromatic heterocycles. The van der Waals surface area contributed by atoms with Crippen molar-refractivity contribution < 1.29 is 4.79 Å². The summed E-state index contributed by atoms with van der Waals surface area (Å²) in [4.78, 5) is 12.7. The van der Waals surface area contributed by atoms with Gasteiger partial charge >= 0.3 is 0 Å². The zero-order valence-corrected chi connectivity index (χ0v) is 16.2. The maximum Gasteiger partial charge on any atom is 0.224 e. The van der Waals surface area contributed by atoms with Crippen molar-refractivity contribution in [2.24, 2.45) is 17.8 Å². The molecule has 1 amide bonds. The van der Waals surface area contributed by atoms with Gasteiger partial charge in [0.2, 0.25) is 5.91 Å². The second kappa shape index (κ2) is 7.09. The van der Waals surface area contributed by atoms with Gasteiger partial charge in [-0.25, -0.2) is 0 Å². The molecule has 2 unspecified atom stereocenters. The molecule has 5 rings (SSSR count). The molecule has 2 aromatic rings. The first-order valence-corrected chi connectivity index (χ1v) is 10.6. The number of carbonyl (C=O) groups is 1. The number of hydrogen-bond donors (Lipinski definition) is 1. The van der Waals surface area contributed by atoms with Gasteiger partial charge in [0, 0.05) is 12.3 Å². The Labute approximate surface area is 166 Å². The summed E-state index contributed by atoms with van der Waals surface area (Å²) < 4.78 is 0. The van der Waals surface area contributed by atoms with E-state index in [0.717, 1.165) is 30.7 Å². The second-order valence-electron chi connectivity index (χ2n) is 8.82. The highest BCUT2D eigenvalue weighted by Crippen LogP contribution is 2.48. The molecule has 1 N–H and O–H groups in total. The van der Waals surface area contributed by atoms with E-state index in [-0.39, 0.29) is 11.8 Å². The van der Waals surface area contributed by atoms with Crippen LogP contribution in [0.2, 0.25) is 0 Å². The molecule has 0 heterocycles. The first-order chi connectivity index (χ1) is 13.7. The predicted molar refractivity (Wildman–Crippen MR) is 109 cm³/mol. The average molecular weight is 370 g/mol. The van der Waals surface area contributed by atoms with Gasteiger partial charge in [-0.15, -0.1) is 0 Å². The van der Waals surface area contributed by atoms with E-state index >= 15 is 0 Å². The summed E-state index contributed by atoms with van der Waals surface area (Å²) in [6.07, 6.45) is 7.39. The van der Waals surface area contributed by atoms with Crippen molar-refractivity contribution in [3.05, 3.63) is 59.2 Å². The number of nitrogens with one attached hydrogen (secondary N) is 1. The summed E-state index contributed by atoms with van der Waals surface area (Å²) in [5.41, 5.74) is 6.54. The minimum atomic E-state index is -0.444. The van der Waals surface area contributed by atoms with E-state index in [1.54, 1.807) is 0 Å². The zero-order valence-electron chi connectivity index (χ0n) is 16.2. The standard InChI is InChI=1S/C25H26N2O/c26-15-21(27-25(28)24-14-17-5-7-20(24)12-17)13-16-6-10-23-19(11-16)9-8-18-3-1-2-4-22(18)23/h1-4,6,10-11,17,20-21,24H,5,7-9,12-14H2,(H,27,28)/t17-,20+,21?,24?/m1/s1. The highest BCUT2D eigenvalue weighted by Gasteiger charge is 2.43. The third-order valence-electron chi connectivity index (χ3n) is 7.13. The third-order valence-corrected chi connectivity index (χ3v) is 7.13. The van der Waals surface area contributed by atoms with Crippen molar-refractivity contribution in [2.45, 2.75) is 51.0 Å². The molecule has 2 bridgehead atoms. The monoisotopic (exact) mass is 370 g/mol. The van der Waals surface area contributed by atoms with Crippen molar-refractivity contribution in [1.82, 2.24) is 5.32 Å². The van der Waals surface area contributed by atoms with Crippen LogP contribution in [-0.2, 0) is 24.1 Å². The van der Waals surface area contributed by atoms with Gasteiger partial charge in [0.1, 0.15) is 6.04 Å². The van der Waals surface area contributed by atoms with Crippen molar-refractivity contribution >= 4 is 5.91 Å². The Kier molecular flexibility index (Phi) is 4.43. The van der Waals surface area contributed by atoms with E-state index in [2.05, 4.69) is 53.9 Å². The first-order valence-electron chi connectivity index (χ1n) is 10.6. The molecule has 0 spiro atoms. The van der Waals surface area contributed by atoms with E-state index in [9.17, 15) is 10.1 Å². The maximum atomic E-state index is 12.7. The number of hydrogen-bond acceptors (Lipinski definition) is 2. The molecule has 2 fully saturated rings. The lowest BCUT2D eigenvalue weighted by molar-refractivity contribution is -0.126. The lowest BCUT2D eigenvalue weighted by atomic mass is 9.84. The Balaban J connectivity index is 1.29. The van der Waals surface area contributed by atoms with Crippen LogP contribution in [0.15, 0.2) is 42.5 Å². The Hall–Kier alpha value is -2.60. The molecule has 2 aromatic carbocycles. The van der Waals surface area contributed by atoms with Crippen molar-refractivity contribution in [3.63, 3.8) is 0 Å². The van der Waals surface area contributed by atoms with Crippen LogP contribution in [0, 0.1) is 29.1 Å². The summed E-state index contributed by atoms with van der Waals surface area (Å²) in [6.45, 7) is 0. The average Bonchev–Trinajstić information content (AvgIpc) is 3.36. The number of nitrogens with zero attached hydrogens (tertiary/aromatic N) is 1. The van der Waals surface area contributed by atoms with E-state index in [1.807, 2.05) is 0 Å². The van der Waals surface area contributed by atoms with Gasteiger partial charge in [-0.2, -0.15) is 5.26 Å². The van der Waals surface area contributed by atoms with Gasteiger partial charge in [0.15, 0.2) is 0 Å². The fourth-order valence-corrected chi connectivity index (χ4v) is 5.72. The summed E-state index contributed by atoms with van der Waals surface area (Å²) >= 11 is 0. The van der Waals surface area contributed by atoms with Crippen LogP contribution in [0.1, 0.15) is 42.4 Å². The van der Waals surface area contributed by atoms with Crippen LogP contribution in [-0.4, -0.2) is 11.9 Å². The maximum absolute atomic E-state index is 12.7. The molecule has 2 saturated carbocycles. The fourth-order valence-electron chi connectivity index (χ4n) is 5.72. The number of benzene rings is 2. The lowest BCUT2D eigenvalue weighted by Crippen LogP contribution is -2.41. The molecule has 0 aliphatic heterocycles. The number of aryl methyl sites for hydroxylation is 2. The molecule has 142 valence electrons. The van der Waals surface area contributed by atoms with Gasteiger partial charge in [-0.1, -0.05) is 48.9 Å². The molecule has 3 heteroatoms. The number of nitriles is 1. The van der Waals surface area contributed by atoms with Crippen LogP contribution in [0.25, 0.3) is 11.1 Å². The highest BCUT2D eigenvalue weighted by molar-refractivity contribution is 5.80. The van der Waals surface area contributed by atoms with Crippen LogP contribution >= 0.6 is 0 Å². The van der Waals surface area contributed by atoms with Crippen LogP contribution in [0.5, 0.6) is 0 Å². The van der Waals surface area contributed by atoms with Gasteiger partial charge < -0.3 is 5.32 Å². The molecule has 3 aliphatic rings. The predicted octanol–water partition coefficient (Wildman–Crippen LogP) is 4.44. The van der Waals surface area contributed by atoms with E-state index in [4.69, 9.17) is 0 Å². The fraction of sp³-hybridized carbons (Fsp3) is 0.440. The molecule has 4 atom stereocenters. The minimum Gasteiger partial charge on any atom is -0.340 e. The Morgan fingerprint density at radius 2 is 1.89 bits per heavy atom. The van der Waals surface area contributed by atoms with Crippen molar-refractivity contribution in [2.75, 3.05) is 0 Å². The topological polar surface area (TPSA) is 52.9 Å². The number of amides is 1. The Bertz CT molecular complexity index is 957. The Morgan fingerprint density at radius 1 is 1.07 bits per heavy atom. The quantitative estimate of drug-likeness (QED) is 0.865. The number of rotatable bonds is 4. The molecule has 3 aliphatic carbocycles. The van der Waals surface area contributed by atoms with E-state index in [1.165, 1.54) is 41.5 Å². The number of fused-ring (bicyclic) bond motifs is 5. The molecule has 0 saturated heterocycles. The molecule has 28 heavy (non-hydrogen) atoms. The van der Waals surface area contributed by atoms with E-state index < -0.39 is 6.04 Å². The SMILES string of the molecule is N#CC(Cc1ccc2c(c1)CCc1ccccc1-2)NC(=O)C1C[C@@H]2CC[C@H]1C2. The van der Waals surface area contributed by atoms with Crippen LogP contribution < -0.4 is 5.32 Å². The van der Waals surface area contributed by atoms with Gasteiger partial charge in [-0.05, 0) is 71.8 Å². The summed E-state index contributed by atoms with van der Waals surface area (Å²) in [6, 6.07) is 17.0. The minimum absolute atomic E-state index is 0.102. The highest BCUT2D eigenvalue weighted by atomic mass is 16.2.